The topological polar surface area (TPSA) is 20.3 Å². The Labute approximate surface area is 67.0 Å². The van der Waals surface area contributed by atoms with E-state index in [4.69, 9.17) is 0 Å². The van der Waals surface area contributed by atoms with Crippen molar-refractivity contribution >= 4 is 22.8 Å². The maximum atomic E-state index is 10.3. The van der Waals surface area contributed by atoms with Crippen LogP contribution in [0.15, 0.2) is 0 Å². The first-order valence-electron chi connectivity index (χ1n) is 2.77. The minimum absolute atomic E-state index is 0. The molecule has 0 amide bonds. The predicted molar refractivity (Wildman–Crippen MR) is 44.2 cm³/mol. The molecule has 0 spiro atoms. The molecule has 2 nitrogen and oxygen atoms in total. The molecule has 3 heteroatoms. The van der Waals surface area contributed by atoms with E-state index in [-0.39, 0.29) is 22.8 Å². The zero-order valence-corrected chi connectivity index (χ0v) is 7.89. The van der Waals surface area contributed by atoms with Crippen LogP contribution >= 0.6 is 17.0 Å². The molecular formula is C6H14BrNO. The number of rotatable bonds is 3. The van der Waals surface area contributed by atoms with Gasteiger partial charge in [-0.3, -0.25) is 4.79 Å². The van der Waals surface area contributed by atoms with Crippen molar-refractivity contribution in [3.05, 3.63) is 0 Å². The Balaban J connectivity index is 0. The van der Waals surface area contributed by atoms with Crippen molar-refractivity contribution in [3.8, 4) is 0 Å². The largest absolute Gasteiger partial charge is 0.309 e. The lowest BCUT2D eigenvalue weighted by molar-refractivity contribution is -0.117. The molecule has 0 aliphatic heterocycles. The number of Topliss-reactive ketones (excluding diaryl/α,β-unsaturated/α-hetero) is 1. The number of ketones is 1. The quantitative estimate of drug-likeness (QED) is 0.673. The van der Waals surface area contributed by atoms with Gasteiger partial charge in [-0.2, -0.15) is 0 Å². The molecule has 0 saturated carbocycles. The summed E-state index contributed by atoms with van der Waals surface area (Å²) in [4.78, 5) is 12.3. The summed E-state index contributed by atoms with van der Waals surface area (Å²) in [6.45, 7) is 2.48. The average Bonchev–Trinajstić information content (AvgIpc) is 1.61. The van der Waals surface area contributed by atoms with E-state index in [1.807, 2.05) is 19.0 Å². The van der Waals surface area contributed by atoms with E-state index in [2.05, 4.69) is 0 Å². The van der Waals surface area contributed by atoms with Crippen molar-refractivity contribution in [2.75, 3.05) is 20.6 Å². The first kappa shape index (κ1) is 11.9. The molecule has 0 aromatic carbocycles. The summed E-state index contributed by atoms with van der Waals surface area (Å²) in [6.07, 6.45) is 0.674. The van der Waals surface area contributed by atoms with Crippen LogP contribution in [0.4, 0.5) is 0 Å². The van der Waals surface area contributed by atoms with Gasteiger partial charge in [0, 0.05) is 13.0 Å². The van der Waals surface area contributed by atoms with Crippen LogP contribution in [0.1, 0.15) is 13.3 Å². The number of carbonyl (C=O) groups excluding carboxylic acids is 1. The maximum Gasteiger partial charge on any atom is 0.131 e. The van der Waals surface area contributed by atoms with Gasteiger partial charge < -0.3 is 4.90 Å². The Morgan fingerprint density at radius 3 is 2.00 bits per heavy atom. The third-order valence-corrected chi connectivity index (χ3v) is 0.911. The molecule has 9 heavy (non-hydrogen) atoms. The minimum Gasteiger partial charge on any atom is -0.309 e. The van der Waals surface area contributed by atoms with Crippen LogP contribution in [0.3, 0.4) is 0 Å². The number of hydrogen-bond donors (Lipinski definition) is 0. The van der Waals surface area contributed by atoms with Crippen molar-refractivity contribution in [1.29, 1.82) is 0 Å². The maximum absolute atomic E-state index is 10.3. The van der Waals surface area contributed by atoms with Crippen LogP contribution in [0, 0.1) is 0 Å². The van der Waals surface area contributed by atoms with Crippen LogP contribution in [0.2, 0.25) is 0 Å². The number of halogens is 1. The van der Waals surface area contributed by atoms with E-state index in [0.29, 0.717) is 6.42 Å². The summed E-state index contributed by atoms with van der Waals surface area (Å²) >= 11 is 0. The molecule has 0 fully saturated rings. The second-order valence-corrected chi connectivity index (χ2v) is 2.26. The highest BCUT2D eigenvalue weighted by atomic mass is 79.9. The second-order valence-electron chi connectivity index (χ2n) is 2.26. The van der Waals surface area contributed by atoms with E-state index in [0.717, 1.165) is 6.54 Å². The number of carbonyl (C=O) groups is 1. The van der Waals surface area contributed by atoms with Gasteiger partial charge in [0.05, 0.1) is 0 Å². The molecule has 0 heterocycles. The Hall–Kier alpha value is 0.110. The monoisotopic (exact) mass is 195 g/mol. The van der Waals surface area contributed by atoms with Gasteiger partial charge in [-0.15, -0.1) is 17.0 Å². The second kappa shape index (κ2) is 6.23. The van der Waals surface area contributed by atoms with Crippen molar-refractivity contribution < 1.29 is 4.79 Å². The van der Waals surface area contributed by atoms with Gasteiger partial charge in [-0.1, -0.05) is 0 Å². The zero-order chi connectivity index (χ0) is 6.57. The van der Waals surface area contributed by atoms with Crippen LogP contribution in [-0.4, -0.2) is 31.3 Å². The SMILES string of the molecule is Br.CC(=O)CCN(C)C. The summed E-state index contributed by atoms with van der Waals surface area (Å²) in [6, 6.07) is 0. The summed E-state index contributed by atoms with van der Waals surface area (Å²) in [7, 11) is 3.92. The van der Waals surface area contributed by atoms with E-state index >= 15 is 0 Å². The van der Waals surface area contributed by atoms with Crippen LogP contribution < -0.4 is 0 Å². The Bertz CT molecular complexity index is 83.1. The molecule has 0 aromatic rings. The van der Waals surface area contributed by atoms with Gasteiger partial charge in [0.1, 0.15) is 5.78 Å². The first-order chi connectivity index (χ1) is 3.63. The molecule has 0 aromatic heterocycles. The first-order valence-corrected chi connectivity index (χ1v) is 2.77. The third kappa shape index (κ3) is 11.6. The molecule has 56 valence electrons. The lowest BCUT2D eigenvalue weighted by Gasteiger charge is -2.05. The van der Waals surface area contributed by atoms with E-state index < -0.39 is 0 Å². The fraction of sp³-hybridized carbons (Fsp3) is 0.833. The van der Waals surface area contributed by atoms with Gasteiger partial charge in [-0.05, 0) is 21.0 Å². The van der Waals surface area contributed by atoms with Crippen LogP contribution in [0.5, 0.6) is 0 Å². The third-order valence-electron chi connectivity index (χ3n) is 0.911. The van der Waals surface area contributed by atoms with Gasteiger partial charge in [-0.25, -0.2) is 0 Å². The molecule has 0 aliphatic carbocycles. The standard InChI is InChI=1S/C6H13NO.BrH/c1-6(8)4-5-7(2)3;/h4-5H2,1-3H3;1H. The summed E-state index contributed by atoms with van der Waals surface area (Å²) in [5.41, 5.74) is 0. The van der Waals surface area contributed by atoms with Crippen LogP contribution in [0.25, 0.3) is 0 Å². The molecule has 0 unspecified atom stereocenters. The molecular weight excluding hydrogens is 182 g/mol. The summed E-state index contributed by atoms with van der Waals surface area (Å²) in [5, 5.41) is 0. The fourth-order valence-corrected chi connectivity index (χ4v) is 0.381. The van der Waals surface area contributed by atoms with Gasteiger partial charge in [0.25, 0.3) is 0 Å². The molecule has 0 N–H and O–H groups in total. The molecule has 0 bridgehead atoms. The van der Waals surface area contributed by atoms with Gasteiger partial charge in [0.2, 0.25) is 0 Å². The minimum atomic E-state index is 0. The summed E-state index contributed by atoms with van der Waals surface area (Å²) in [5.74, 6) is 0.263. The van der Waals surface area contributed by atoms with Crippen molar-refractivity contribution in [2.45, 2.75) is 13.3 Å². The van der Waals surface area contributed by atoms with Gasteiger partial charge in [0.15, 0.2) is 0 Å². The molecule has 0 saturated heterocycles. The molecule has 0 rings (SSSR count). The molecule has 0 atom stereocenters. The smallest absolute Gasteiger partial charge is 0.131 e. The van der Waals surface area contributed by atoms with E-state index in [1.165, 1.54) is 0 Å². The highest BCUT2D eigenvalue weighted by Gasteiger charge is 1.92. The van der Waals surface area contributed by atoms with Crippen molar-refractivity contribution in [1.82, 2.24) is 4.90 Å². The van der Waals surface area contributed by atoms with E-state index in [1.54, 1.807) is 6.92 Å². The highest BCUT2D eigenvalue weighted by molar-refractivity contribution is 8.93. The van der Waals surface area contributed by atoms with Crippen molar-refractivity contribution in [3.63, 3.8) is 0 Å². The Morgan fingerprint density at radius 1 is 1.44 bits per heavy atom. The average molecular weight is 196 g/mol. The Kier molecular flexibility index (Phi) is 8.21. The van der Waals surface area contributed by atoms with Crippen molar-refractivity contribution in [2.24, 2.45) is 0 Å². The highest BCUT2D eigenvalue weighted by Crippen LogP contribution is 1.82. The summed E-state index contributed by atoms with van der Waals surface area (Å²) < 4.78 is 0. The molecule has 0 radical (unpaired) electrons. The lowest BCUT2D eigenvalue weighted by Crippen LogP contribution is -2.15. The fourth-order valence-electron chi connectivity index (χ4n) is 0.381. The number of hydrogen-bond acceptors (Lipinski definition) is 2. The number of nitrogens with zero attached hydrogens (tertiary/aromatic N) is 1. The Morgan fingerprint density at radius 2 is 1.89 bits per heavy atom. The van der Waals surface area contributed by atoms with E-state index in [9.17, 15) is 4.79 Å². The van der Waals surface area contributed by atoms with Gasteiger partial charge >= 0.3 is 0 Å². The van der Waals surface area contributed by atoms with Crippen LogP contribution in [-0.2, 0) is 4.79 Å². The zero-order valence-electron chi connectivity index (χ0n) is 6.18. The predicted octanol–water partition coefficient (Wildman–Crippen LogP) is 1.10. The normalized spacial score (nSPS) is 8.89. The lowest BCUT2D eigenvalue weighted by atomic mass is 10.3. The molecule has 0 aliphatic rings.